The third-order valence-electron chi connectivity index (χ3n) is 4.96. The van der Waals surface area contributed by atoms with Crippen LogP contribution in [0.2, 0.25) is 5.02 Å². The first-order valence-corrected chi connectivity index (χ1v) is 10.7. The number of benzene rings is 2. The Morgan fingerprint density at radius 3 is 2.06 bits per heavy atom. The van der Waals surface area contributed by atoms with Gasteiger partial charge in [0.2, 0.25) is 0 Å². The first kappa shape index (κ1) is 26.7. The predicted octanol–water partition coefficient (Wildman–Crippen LogP) is 2.24. The molecular weight excluding hydrogens is 468 g/mol. The fraction of sp³-hybridized carbons (Fsp3) is 0.348. The molecule has 10 nitrogen and oxygen atoms in total. The maximum atomic E-state index is 12.4. The summed E-state index contributed by atoms with van der Waals surface area (Å²) in [6.07, 6.45) is 0. The third kappa shape index (κ3) is 8.13. The van der Waals surface area contributed by atoms with E-state index in [1.54, 1.807) is 38.5 Å². The second-order valence-electron chi connectivity index (χ2n) is 7.16. The maximum Gasteiger partial charge on any atom is 0.414 e. The zero-order chi connectivity index (χ0) is 25.1. The van der Waals surface area contributed by atoms with E-state index < -0.39 is 11.9 Å². The Labute approximate surface area is 202 Å². The number of hydrogen-bond donors (Lipinski definition) is 2. The number of hydrogen-bond acceptors (Lipinski definition) is 7. The number of methoxy groups -OCH3 is 2. The predicted molar refractivity (Wildman–Crippen MR) is 124 cm³/mol. The number of carbonyl (C=O) groups is 3. The topological polar surface area (TPSA) is 126 Å². The third-order valence-corrected chi connectivity index (χ3v) is 5.21. The van der Waals surface area contributed by atoms with Crippen molar-refractivity contribution in [3.8, 4) is 17.2 Å². The van der Waals surface area contributed by atoms with Crippen molar-refractivity contribution in [1.82, 2.24) is 9.80 Å². The molecule has 2 aromatic carbocycles. The Kier molecular flexibility index (Phi) is 10.4. The van der Waals surface area contributed by atoms with E-state index in [9.17, 15) is 4.79 Å². The number of halogens is 1. The number of para-hydroxylation sites is 1. The molecule has 0 aliphatic carbocycles. The highest BCUT2D eigenvalue weighted by Gasteiger charge is 2.22. The normalized spacial score (nSPS) is 13.3. The summed E-state index contributed by atoms with van der Waals surface area (Å²) in [5.74, 6) is -1.52. The van der Waals surface area contributed by atoms with Crippen molar-refractivity contribution in [3.63, 3.8) is 0 Å². The number of piperazine rings is 1. The molecule has 0 atom stereocenters. The first-order valence-electron chi connectivity index (χ1n) is 10.3. The standard InChI is InChI=1S/C21H25ClN2O4.C2H2O4/c1-26-19-5-3-4-16(21(19)27-2)14-23-10-12-24(13-11-23)20(25)15-28-18-8-6-17(22)7-9-18;3-1(4)2(5)6/h3-9H,10-15H2,1-2H3;(H,3,4)(H,5,6). The van der Waals surface area contributed by atoms with Crippen LogP contribution >= 0.6 is 11.6 Å². The summed E-state index contributed by atoms with van der Waals surface area (Å²) in [5, 5.41) is 15.4. The molecule has 0 unspecified atom stereocenters. The lowest BCUT2D eigenvalue weighted by molar-refractivity contribution is -0.159. The van der Waals surface area contributed by atoms with Crippen LogP contribution in [0.1, 0.15) is 5.56 Å². The van der Waals surface area contributed by atoms with Crippen molar-refractivity contribution in [2.24, 2.45) is 0 Å². The van der Waals surface area contributed by atoms with Crippen LogP contribution in [0.25, 0.3) is 0 Å². The van der Waals surface area contributed by atoms with Gasteiger partial charge in [0.15, 0.2) is 18.1 Å². The minimum Gasteiger partial charge on any atom is -0.493 e. The number of ether oxygens (including phenoxy) is 3. The van der Waals surface area contributed by atoms with Crippen LogP contribution < -0.4 is 14.2 Å². The van der Waals surface area contributed by atoms with Crippen molar-refractivity contribution in [3.05, 3.63) is 53.1 Å². The van der Waals surface area contributed by atoms with Gasteiger partial charge in [0.25, 0.3) is 5.91 Å². The highest BCUT2D eigenvalue weighted by molar-refractivity contribution is 6.30. The van der Waals surface area contributed by atoms with Gasteiger partial charge in [-0.15, -0.1) is 0 Å². The number of carbonyl (C=O) groups excluding carboxylic acids is 1. The van der Waals surface area contributed by atoms with E-state index in [-0.39, 0.29) is 12.5 Å². The fourth-order valence-electron chi connectivity index (χ4n) is 3.24. The molecule has 0 radical (unpaired) electrons. The summed E-state index contributed by atoms with van der Waals surface area (Å²) >= 11 is 5.85. The highest BCUT2D eigenvalue weighted by Crippen LogP contribution is 2.31. The van der Waals surface area contributed by atoms with Crippen molar-refractivity contribution in [2.45, 2.75) is 6.54 Å². The van der Waals surface area contributed by atoms with Crippen molar-refractivity contribution in [2.75, 3.05) is 47.0 Å². The number of carboxylic acids is 2. The molecule has 1 aliphatic heterocycles. The molecule has 11 heteroatoms. The zero-order valence-corrected chi connectivity index (χ0v) is 19.7. The highest BCUT2D eigenvalue weighted by atomic mass is 35.5. The van der Waals surface area contributed by atoms with E-state index in [4.69, 9.17) is 45.6 Å². The van der Waals surface area contributed by atoms with Crippen LogP contribution in [-0.4, -0.2) is 84.9 Å². The van der Waals surface area contributed by atoms with E-state index in [1.165, 1.54) is 0 Å². The summed E-state index contributed by atoms with van der Waals surface area (Å²) < 4.78 is 16.4. The summed E-state index contributed by atoms with van der Waals surface area (Å²) in [6, 6.07) is 12.9. The minimum atomic E-state index is -1.82. The Morgan fingerprint density at radius 2 is 1.53 bits per heavy atom. The molecule has 0 saturated carbocycles. The van der Waals surface area contributed by atoms with Gasteiger partial charge in [-0.1, -0.05) is 23.7 Å². The van der Waals surface area contributed by atoms with E-state index in [0.717, 1.165) is 36.7 Å². The molecule has 1 heterocycles. The largest absolute Gasteiger partial charge is 0.493 e. The molecule has 2 aromatic rings. The first-order chi connectivity index (χ1) is 16.2. The lowest BCUT2D eigenvalue weighted by Crippen LogP contribution is -2.49. The summed E-state index contributed by atoms with van der Waals surface area (Å²) in [7, 11) is 3.29. The number of amides is 1. The van der Waals surface area contributed by atoms with Crippen LogP contribution in [-0.2, 0) is 20.9 Å². The lowest BCUT2D eigenvalue weighted by Gasteiger charge is -2.35. The summed E-state index contributed by atoms with van der Waals surface area (Å²) in [4.78, 5) is 34.8. The quantitative estimate of drug-likeness (QED) is 0.557. The molecule has 1 amide bonds. The van der Waals surface area contributed by atoms with Crippen LogP contribution in [0, 0.1) is 0 Å². The Bertz CT molecular complexity index is 963. The molecule has 2 N–H and O–H groups in total. The molecule has 0 bridgehead atoms. The SMILES string of the molecule is COc1cccc(CN2CCN(C(=O)COc3ccc(Cl)cc3)CC2)c1OC.O=C(O)C(=O)O. The van der Waals surface area contributed by atoms with E-state index in [2.05, 4.69) is 4.90 Å². The summed E-state index contributed by atoms with van der Waals surface area (Å²) in [5.41, 5.74) is 1.08. The molecule has 0 aromatic heterocycles. The Morgan fingerprint density at radius 1 is 0.912 bits per heavy atom. The monoisotopic (exact) mass is 494 g/mol. The Balaban J connectivity index is 0.000000604. The molecule has 3 rings (SSSR count). The fourth-order valence-corrected chi connectivity index (χ4v) is 3.37. The van der Waals surface area contributed by atoms with Gasteiger partial charge in [-0.2, -0.15) is 0 Å². The molecule has 34 heavy (non-hydrogen) atoms. The molecule has 1 fully saturated rings. The lowest BCUT2D eigenvalue weighted by atomic mass is 10.1. The second kappa shape index (κ2) is 13.3. The van der Waals surface area contributed by atoms with Gasteiger partial charge in [-0.05, 0) is 30.3 Å². The van der Waals surface area contributed by atoms with Crippen molar-refractivity contribution >= 4 is 29.4 Å². The van der Waals surface area contributed by atoms with Gasteiger partial charge in [-0.3, -0.25) is 9.69 Å². The molecular formula is C23H27ClN2O8. The average molecular weight is 495 g/mol. The van der Waals surface area contributed by atoms with Crippen LogP contribution in [0.4, 0.5) is 0 Å². The van der Waals surface area contributed by atoms with Gasteiger partial charge < -0.3 is 29.3 Å². The van der Waals surface area contributed by atoms with Crippen molar-refractivity contribution in [1.29, 1.82) is 0 Å². The zero-order valence-electron chi connectivity index (χ0n) is 18.9. The van der Waals surface area contributed by atoms with E-state index in [1.807, 2.05) is 23.1 Å². The number of carboxylic acid groups (broad SMARTS) is 2. The van der Waals surface area contributed by atoms with E-state index >= 15 is 0 Å². The van der Waals surface area contributed by atoms with Crippen LogP contribution in [0.3, 0.4) is 0 Å². The van der Waals surface area contributed by atoms with Gasteiger partial charge in [0, 0.05) is 43.3 Å². The number of rotatable bonds is 7. The van der Waals surface area contributed by atoms with Gasteiger partial charge in [-0.25, -0.2) is 9.59 Å². The smallest absolute Gasteiger partial charge is 0.414 e. The molecule has 184 valence electrons. The number of nitrogens with zero attached hydrogens (tertiary/aromatic N) is 2. The van der Waals surface area contributed by atoms with Gasteiger partial charge >= 0.3 is 11.9 Å². The van der Waals surface area contributed by atoms with Gasteiger partial charge in [0.1, 0.15) is 5.75 Å². The van der Waals surface area contributed by atoms with E-state index in [0.29, 0.717) is 23.9 Å². The summed E-state index contributed by atoms with van der Waals surface area (Å²) in [6.45, 7) is 3.74. The average Bonchev–Trinajstić information content (AvgIpc) is 2.84. The van der Waals surface area contributed by atoms with Gasteiger partial charge in [0.05, 0.1) is 14.2 Å². The number of aliphatic carboxylic acids is 2. The second-order valence-corrected chi connectivity index (χ2v) is 7.60. The minimum absolute atomic E-state index is 0.00596. The Hall–Kier alpha value is -3.50. The van der Waals surface area contributed by atoms with Crippen LogP contribution in [0.5, 0.6) is 17.2 Å². The van der Waals surface area contributed by atoms with Crippen LogP contribution in [0.15, 0.2) is 42.5 Å². The molecule has 0 spiro atoms. The maximum absolute atomic E-state index is 12.4. The van der Waals surface area contributed by atoms with Crippen molar-refractivity contribution < 1.29 is 38.8 Å². The molecule has 1 aliphatic rings. The molecule has 1 saturated heterocycles.